The topological polar surface area (TPSA) is 40.5 Å². The summed E-state index contributed by atoms with van der Waals surface area (Å²) in [5, 5.41) is 9.35. The van der Waals surface area contributed by atoms with Gasteiger partial charge in [-0.2, -0.15) is 0 Å². The minimum Gasteiger partial charge on any atom is -0.395 e. The molecule has 0 spiro atoms. The van der Waals surface area contributed by atoms with Crippen LogP contribution in [0.4, 0.5) is 0 Å². The first-order valence-corrected chi connectivity index (χ1v) is 8.47. The standard InChI is InChI=1S/C17H31NO2/c1-17(2)11-7-6-10-15(17)16(20)18(12-13-19)14-8-4-3-5-9-14/h14-15,19H,3-13H2,1-2H3. The molecule has 0 radical (unpaired) electrons. The Hall–Kier alpha value is -0.570. The highest BCUT2D eigenvalue weighted by molar-refractivity contribution is 5.80. The van der Waals surface area contributed by atoms with Crippen molar-refractivity contribution < 1.29 is 9.90 Å². The summed E-state index contributed by atoms with van der Waals surface area (Å²) in [6.45, 7) is 5.10. The van der Waals surface area contributed by atoms with E-state index in [9.17, 15) is 9.90 Å². The summed E-state index contributed by atoms with van der Waals surface area (Å²) < 4.78 is 0. The zero-order valence-electron chi connectivity index (χ0n) is 13.2. The van der Waals surface area contributed by atoms with Crippen LogP contribution in [0.25, 0.3) is 0 Å². The van der Waals surface area contributed by atoms with Crippen LogP contribution in [-0.2, 0) is 4.79 Å². The Kier molecular flexibility index (Phi) is 5.48. The molecule has 1 amide bonds. The van der Waals surface area contributed by atoms with Gasteiger partial charge in [0.2, 0.25) is 5.91 Å². The third-order valence-corrected chi connectivity index (χ3v) is 5.44. The number of rotatable bonds is 4. The molecule has 0 aliphatic heterocycles. The molecule has 1 unspecified atom stereocenters. The Morgan fingerprint density at radius 2 is 1.75 bits per heavy atom. The zero-order chi connectivity index (χ0) is 14.6. The molecule has 3 nitrogen and oxygen atoms in total. The van der Waals surface area contributed by atoms with Gasteiger partial charge in [-0.05, 0) is 31.1 Å². The molecule has 0 aromatic rings. The van der Waals surface area contributed by atoms with E-state index in [4.69, 9.17) is 0 Å². The SMILES string of the molecule is CC1(C)CCCCC1C(=O)N(CCO)C1CCCCC1. The average molecular weight is 281 g/mol. The molecule has 2 aliphatic carbocycles. The van der Waals surface area contributed by atoms with Crippen molar-refractivity contribution in [3.63, 3.8) is 0 Å². The number of hydrogen-bond donors (Lipinski definition) is 1. The molecule has 0 aromatic heterocycles. The summed E-state index contributed by atoms with van der Waals surface area (Å²) in [4.78, 5) is 15.0. The summed E-state index contributed by atoms with van der Waals surface area (Å²) in [6.07, 6.45) is 10.6. The van der Waals surface area contributed by atoms with Crippen molar-refractivity contribution in [3.05, 3.63) is 0 Å². The van der Waals surface area contributed by atoms with E-state index >= 15 is 0 Å². The van der Waals surface area contributed by atoms with Crippen molar-refractivity contribution in [2.24, 2.45) is 11.3 Å². The Balaban J connectivity index is 2.08. The lowest BCUT2D eigenvalue weighted by atomic mass is 9.68. The van der Waals surface area contributed by atoms with Gasteiger partial charge in [0.25, 0.3) is 0 Å². The highest BCUT2D eigenvalue weighted by Gasteiger charge is 2.40. The minimum absolute atomic E-state index is 0.0926. The Bertz CT molecular complexity index is 321. The van der Waals surface area contributed by atoms with Gasteiger partial charge in [0.15, 0.2) is 0 Å². The maximum absolute atomic E-state index is 13.0. The molecular weight excluding hydrogens is 250 g/mol. The van der Waals surface area contributed by atoms with Gasteiger partial charge in [-0.1, -0.05) is 46.0 Å². The van der Waals surface area contributed by atoms with E-state index in [1.165, 1.54) is 32.1 Å². The number of aliphatic hydroxyl groups excluding tert-OH is 1. The van der Waals surface area contributed by atoms with E-state index < -0.39 is 0 Å². The zero-order valence-corrected chi connectivity index (χ0v) is 13.2. The molecule has 0 bridgehead atoms. The third-order valence-electron chi connectivity index (χ3n) is 5.44. The fraction of sp³-hybridized carbons (Fsp3) is 0.941. The van der Waals surface area contributed by atoms with E-state index in [1.807, 2.05) is 4.90 Å². The quantitative estimate of drug-likeness (QED) is 0.858. The number of carbonyl (C=O) groups excluding carboxylic acids is 1. The van der Waals surface area contributed by atoms with Crippen molar-refractivity contribution in [2.75, 3.05) is 13.2 Å². The van der Waals surface area contributed by atoms with Crippen LogP contribution in [0.1, 0.15) is 71.6 Å². The minimum atomic E-state index is 0.0926. The molecule has 2 aliphatic rings. The smallest absolute Gasteiger partial charge is 0.226 e. The number of nitrogens with zero attached hydrogens (tertiary/aromatic N) is 1. The second-order valence-corrected chi connectivity index (χ2v) is 7.33. The molecule has 3 heteroatoms. The van der Waals surface area contributed by atoms with Crippen LogP contribution in [0.3, 0.4) is 0 Å². The van der Waals surface area contributed by atoms with Gasteiger partial charge in [-0.15, -0.1) is 0 Å². The second-order valence-electron chi connectivity index (χ2n) is 7.33. The van der Waals surface area contributed by atoms with Gasteiger partial charge in [-0.25, -0.2) is 0 Å². The molecule has 116 valence electrons. The van der Waals surface area contributed by atoms with E-state index in [1.54, 1.807) is 0 Å². The summed E-state index contributed by atoms with van der Waals surface area (Å²) in [6, 6.07) is 0.376. The fourth-order valence-corrected chi connectivity index (χ4v) is 4.13. The van der Waals surface area contributed by atoms with Crippen LogP contribution < -0.4 is 0 Å². The summed E-state index contributed by atoms with van der Waals surface area (Å²) in [7, 11) is 0. The predicted molar refractivity (Wildman–Crippen MR) is 81.4 cm³/mol. The van der Waals surface area contributed by atoms with Gasteiger partial charge in [-0.3, -0.25) is 4.79 Å². The largest absolute Gasteiger partial charge is 0.395 e. The van der Waals surface area contributed by atoms with Crippen molar-refractivity contribution in [1.29, 1.82) is 0 Å². The van der Waals surface area contributed by atoms with Gasteiger partial charge in [0, 0.05) is 18.5 Å². The molecule has 0 heterocycles. The first-order chi connectivity index (χ1) is 9.56. The second kappa shape index (κ2) is 6.93. The first-order valence-electron chi connectivity index (χ1n) is 8.47. The van der Waals surface area contributed by atoms with Gasteiger partial charge in [0.05, 0.1) is 6.61 Å². The summed E-state index contributed by atoms with van der Waals surface area (Å²) in [5.41, 5.74) is 0.123. The van der Waals surface area contributed by atoms with E-state index in [-0.39, 0.29) is 17.9 Å². The molecule has 2 fully saturated rings. The molecule has 0 aromatic carbocycles. The Labute approximate surface area is 123 Å². The normalized spacial score (nSPS) is 27.2. The van der Waals surface area contributed by atoms with Crippen LogP contribution in [-0.4, -0.2) is 35.1 Å². The monoisotopic (exact) mass is 281 g/mol. The molecule has 2 rings (SSSR count). The maximum Gasteiger partial charge on any atom is 0.226 e. The fourth-order valence-electron chi connectivity index (χ4n) is 4.13. The average Bonchev–Trinajstić information content (AvgIpc) is 2.44. The van der Waals surface area contributed by atoms with Crippen molar-refractivity contribution in [3.8, 4) is 0 Å². The van der Waals surface area contributed by atoms with Crippen LogP contribution in [0.15, 0.2) is 0 Å². The van der Waals surface area contributed by atoms with Crippen LogP contribution in [0, 0.1) is 11.3 Å². The van der Waals surface area contributed by atoms with Gasteiger partial charge in [0.1, 0.15) is 0 Å². The summed E-state index contributed by atoms with van der Waals surface area (Å²) >= 11 is 0. The number of carbonyl (C=O) groups is 1. The van der Waals surface area contributed by atoms with Gasteiger partial charge >= 0.3 is 0 Å². The van der Waals surface area contributed by atoms with Gasteiger partial charge < -0.3 is 10.0 Å². The van der Waals surface area contributed by atoms with Crippen molar-refractivity contribution in [1.82, 2.24) is 4.90 Å². The predicted octanol–water partition coefficient (Wildman–Crippen LogP) is 3.36. The Morgan fingerprint density at radius 3 is 2.35 bits per heavy atom. The highest BCUT2D eigenvalue weighted by Crippen LogP contribution is 2.42. The van der Waals surface area contributed by atoms with Crippen LogP contribution >= 0.6 is 0 Å². The van der Waals surface area contributed by atoms with Crippen molar-refractivity contribution in [2.45, 2.75) is 77.7 Å². The summed E-state index contributed by atoms with van der Waals surface area (Å²) in [5.74, 6) is 0.473. The lowest BCUT2D eigenvalue weighted by molar-refractivity contribution is -0.145. The Morgan fingerprint density at radius 1 is 1.10 bits per heavy atom. The number of aliphatic hydroxyl groups is 1. The van der Waals surface area contributed by atoms with Crippen LogP contribution in [0.5, 0.6) is 0 Å². The van der Waals surface area contributed by atoms with E-state index in [0.717, 1.165) is 25.7 Å². The molecule has 1 atom stereocenters. The molecule has 0 saturated heterocycles. The molecule has 1 N–H and O–H groups in total. The molecule has 20 heavy (non-hydrogen) atoms. The number of hydrogen-bond acceptors (Lipinski definition) is 2. The van der Waals surface area contributed by atoms with Crippen molar-refractivity contribution >= 4 is 5.91 Å². The first kappa shape index (κ1) is 15.8. The number of amides is 1. The molecular formula is C17H31NO2. The van der Waals surface area contributed by atoms with E-state index in [2.05, 4.69) is 13.8 Å². The lowest BCUT2D eigenvalue weighted by Gasteiger charge is -2.43. The highest BCUT2D eigenvalue weighted by atomic mass is 16.3. The maximum atomic E-state index is 13.0. The van der Waals surface area contributed by atoms with Crippen LogP contribution in [0.2, 0.25) is 0 Å². The molecule has 2 saturated carbocycles. The lowest BCUT2D eigenvalue weighted by Crippen LogP contribution is -2.49. The van der Waals surface area contributed by atoms with E-state index in [0.29, 0.717) is 18.5 Å². The third kappa shape index (κ3) is 3.55.